The van der Waals surface area contributed by atoms with E-state index in [-0.39, 0.29) is 5.57 Å². The Labute approximate surface area is 189 Å². The summed E-state index contributed by atoms with van der Waals surface area (Å²) in [5.74, 6) is -0.876. The molecule has 1 N–H and O–H groups in total. The summed E-state index contributed by atoms with van der Waals surface area (Å²) >= 11 is 0. The highest BCUT2D eigenvalue weighted by Gasteiger charge is 2.43. The molecule has 1 atom stereocenters. The van der Waals surface area contributed by atoms with E-state index in [4.69, 9.17) is 4.74 Å². The number of hydrogen-bond acceptors (Lipinski definition) is 5. The smallest absolute Gasteiger partial charge is 0.290 e. The number of benzene rings is 2. The van der Waals surface area contributed by atoms with Crippen molar-refractivity contribution in [2.75, 3.05) is 33.3 Å². The number of para-hydroxylation sites is 1. The van der Waals surface area contributed by atoms with Gasteiger partial charge in [0.25, 0.3) is 5.91 Å². The summed E-state index contributed by atoms with van der Waals surface area (Å²) in [6.07, 6.45) is 3.09. The summed E-state index contributed by atoms with van der Waals surface area (Å²) in [5, 5.41) is 10.7. The standard InChI is InChI=1S/C26H30N2O4/c1-4-27(5-2)17-18-28-24(20-13-9-10-14-22(20)32-3)23(25(30)26(28)31)21(29)16-15-19-11-7-6-8-12-19/h6-16,24,30H,4-5,17-18H2,1-3H3/b16-15+/t24-/m0/s1. The van der Waals surface area contributed by atoms with Gasteiger partial charge in [0.1, 0.15) is 5.75 Å². The minimum absolute atomic E-state index is 0.0752. The lowest BCUT2D eigenvalue weighted by atomic mass is 9.94. The van der Waals surface area contributed by atoms with Gasteiger partial charge in [0, 0.05) is 18.7 Å². The van der Waals surface area contributed by atoms with Crippen LogP contribution in [0.25, 0.3) is 6.08 Å². The van der Waals surface area contributed by atoms with Gasteiger partial charge in [0.05, 0.1) is 18.7 Å². The summed E-state index contributed by atoms with van der Waals surface area (Å²) in [5.41, 5.74) is 1.60. The zero-order valence-electron chi connectivity index (χ0n) is 18.8. The van der Waals surface area contributed by atoms with Crippen LogP contribution in [-0.2, 0) is 9.59 Å². The van der Waals surface area contributed by atoms with Gasteiger partial charge < -0.3 is 19.6 Å². The first-order valence-electron chi connectivity index (χ1n) is 10.9. The number of nitrogens with zero attached hydrogens (tertiary/aromatic N) is 2. The molecule has 1 aliphatic heterocycles. The van der Waals surface area contributed by atoms with Crippen LogP contribution >= 0.6 is 0 Å². The predicted octanol–water partition coefficient (Wildman–Crippen LogP) is 4.01. The molecule has 0 radical (unpaired) electrons. The molecule has 2 aromatic carbocycles. The van der Waals surface area contributed by atoms with E-state index in [1.807, 2.05) is 48.5 Å². The number of carbonyl (C=O) groups is 2. The Bertz CT molecular complexity index is 1010. The van der Waals surface area contributed by atoms with Gasteiger partial charge in [-0.25, -0.2) is 0 Å². The minimum Gasteiger partial charge on any atom is -0.503 e. The van der Waals surface area contributed by atoms with Crippen molar-refractivity contribution in [1.29, 1.82) is 0 Å². The van der Waals surface area contributed by atoms with Crippen LogP contribution in [0, 0.1) is 0 Å². The average molecular weight is 435 g/mol. The molecule has 6 nitrogen and oxygen atoms in total. The second-order valence-electron chi connectivity index (χ2n) is 7.54. The third kappa shape index (κ3) is 4.92. The molecule has 0 saturated heterocycles. The van der Waals surface area contributed by atoms with Crippen LogP contribution in [0.1, 0.15) is 31.0 Å². The molecule has 0 aliphatic carbocycles. The van der Waals surface area contributed by atoms with Crippen molar-refractivity contribution in [3.05, 3.63) is 83.1 Å². The van der Waals surface area contributed by atoms with Gasteiger partial charge in [-0.1, -0.05) is 68.5 Å². The molecule has 0 unspecified atom stereocenters. The van der Waals surface area contributed by atoms with Crippen molar-refractivity contribution in [2.24, 2.45) is 0 Å². The third-order valence-electron chi connectivity index (χ3n) is 5.78. The molecule has 1 heterocycles. The zero-order chi connectivity index (χ0) is 23.1. The van der Waals surface area contributed by atoms with Crippen LogP contribution in [0.3, 0.4) is 0 Å². The number of methoxy groups -OCH3 is 1. The molecule has 168 valence electrons. The van der Waals surface area contributed by atoms with Crippen LogP contribution < -0.4 is 4.74 Å². The van der Waals surface area contributed by atoms with E-state index < -0.39 is 23.5 Å². The second-order valence-corrected chi connectivity index (χ2v) is 7.54. The number of hydrogen-bond donors (Lipinski definition) is 1. The number of aliphatic hydroxyl groups excluding tert-OH is 1. The van der Waals surface area contributed by atoms with Gasteiger partial charge in [-0.05, 0) is 30.8 Å². The van der Waals surface area contributed by atoms with Crippen molar-refractivity contribution in [2.45, 2.75) is 19.9 Å². The van der Waals surface area contributed by atoms with Gasteiger partial charge in [0.2, 0.25) is 0 Å². The normalized spacial score (nSPS) is 16.4. The van der Waals surface area contributed by atoms with Crippen molar-refractivity contribution in [1.82, 2.24) is 9.80 Å². The van der Waals surface area contributed by atoms with Gasteiger partial charge >= 0.3 is 0 Å². The minimum atomic E-state index is -0.720. The number of amides is 1. The van der Waals surface area contributed by atoms with Crippen LogP contribution in [0.2, 0.25) is 0 Å². The lowest BCUT2D eigenvalue weighted by Crippen LogP contribution is -2.38. The molecule has 0 fully saturated rings. The number of ketones is 1. The maximum absolute atomic E-state index is 13.2. The Hall–Kier alpha value is -3.38. The highest BCUT2D eigenvalue weighted by Crippen LogP contribution is 2.41. The Balaban J connectivity index is 1.99. The molecule has 1 amide bonds. The summed E-state index contributed by atoms with van der Waals surface area (Å²) in [6.45, 7) is 6.84. The molecule has 32 heavy (non-hydrogen) atoms. The van der Waals surface area contributed by atoms with E-state index in [0.717, 1.165) is 18.7 Å². The fourth-order valence-electron chi connectivity index (χ4n) is 3.97. The third-order valence-corrected chi connectivity index (χ3v) is 5.78. The first kappa shape index (κ1) is 23.3. The molecule has 0 saturated carbocycles. The van der Waals surface area contributed by atoms with E-state index >= 15 is 0 Å². The van der Waals surface area contributed by atoms with Crippen molar-refractivity contribution in [3.8, 4) is 5.75 Å². The number of aliphatic hydroxyl groups is 1. The average Bonchev–Trinajstić information content (AvgIpc) is 3.08. The summed E-state index contributed by atoms with van der Waals surface area (Å²) in [7, 11) is 1.55. The second kappa shape index (κ2) is 10.8. The first-order chi connectivity index (χ1) is 15.5. The Morgan fingerprint density at radius 1 is 1.09 bits per heavy atom. The fourth-order valence-corrected chi connectivity index (χ4v) is 3.97. The van der Waals surface area contributed by atoms with E-state index in [1.165, 1.54) is 6.08 Å². The molecular weight excluding hydrogens is 404 g/mol. The van der Waals surface area contributed by atoms with Crippen LogP contribution in [0.5, 0.6) is 5.75 Å². The summed E-state index contributed by atoms with van der Waals surface area (Å²) in [4.78, 5) is 30.0. The summed E-state index contributed by atoms with van der Waals surface area (Å²) < 4.78 is 5.52. The van der Waals surface area contributed by atoms with E-state index in [1.54, 1.807) is 24.2 Å². The topological polar surface area (TPSA) is 70.1 Å². The fraction of sp³-hybridized carbons (Fsp3) is 0.308. The molecular formula is C26H30N2O4. The quantitative estimate of drug-likeness (QED) is 0.572. The van der Waals surface area contributed by atoms with Gasteiger partial charge in [-0.15, -0.1) is 0 Å². The maximum Gasteiger partial charge on any atom is 0.290 e. The van der Waals surface area contributed by atoms with Crippen LogP contribution in [0.15, 0.2) is 72.0 Å². The predicted molar refractivity (Wildman–Crippen MR) is 125 cm³/mol. The highest BCUT2D eigenvalue weighted by molar-refractivity contribution is 6.14. The number of carbonyl (C=O) groups excluding carboxylic acids is 2. The van der Waals surface area contributed by atoms with Crippen LogP contribution in [0.4, 0.5) is 0 Å². The van der Waals surface area contributed by atoms with Crippen molar-refractivity contribution >= 4 is 17.8 Å². The summed E-state index contributed by atoms with van der Waals surface area (Å²) in [6, 6.07) is 16.0. The lowest BCUT2D eigenvalue weighted by molar-refractivity contribution is -0.129. The number of ether oxygens (including phenoxy) is 1. The highest BCUT2D eigenvalue weighted by atomic mass is 16.5. The Kier molecular flexibility index (Phi) is 7.84. The van der Waals surface area contributed by atoms with Crippen molar-refractivity contribution < 1.29 is 19.4 Å². The molecule has 0 aromatic heterocycles. The number of likely N-dealkylation sites (N-methyl/N-ethyl adjacent to an activating group) is 1. The van der Waals surface area contributed by atoms with Crippen molar-refractivity contribution in [3.63, 3.8) is 0 Å². The van der Waals surface area contributed by atoms with Crippen LogP contribution in [-0.4, -0.2) is 59.9 Å². The molecule has 3 rings (SSSR count). The SMILES string of the molecule is CCN(CC)CCN1C(=O)C(O)=C(C(=O)/C=C/c2ccccc2)[C@@H]1c1ccccc1OC. The Morgan fingerprint density at radius 2 is 1.75 bits per heavy atom. The van der Waals surface area contributed by atoms with Gasteiger partial charge in [-0.3, -0.25) is 9.59 Å². The number of rotatable bonds is 10. The maximum atomic E-state index is 13.2. The monoisotopic (exact) mass is 434 g/mol. The number of allylic oxidation sites excluding steroid dienone is 1. The molecule has 1 aliphatic rings. The molecule has 2 aromatic rings. The van der Waals surface area contributed by atoms with Gasteiger partial charge in [-0.2, -0.15) is 0 Å². The molecule has 0 bridgehead atoms. The Morgan fingerprint density at radius 3 is 2.41 bits per heavy atom. The van der Waals surface area contributed by atoms with E-state index in [2.05, 4.69) is 18.7 Å². The lowest BCUT2D eigenvalue weighted by Gasteiger charge is -2.30. The molecule has 0 spiro atoms. The van der Waals surface area contributed by atoms with Gasteiger partial charge in [0.15, 0.2) is 11.5 Å². The molecule has 6 heteroatoms. The zero-order valence-corrected chi connectivity index (χ0v) is 18.8. The van der Waals surface area contributed by atoms with E-state index in [9.17, 15) is 14.7 Å². The first-order valence-corrected chi connectivity index (χ1v) is 10.9. The van der Waals surface area contributed by atoms with E-state index in [0.29, 0.717) is 24.4 Å². The largest absolute Gasteiger partial charge is 0.503 e.